The summed E-state index contributed by atoms with van der Waals surface area (Å²) in [6.45, 7) is 0. The van der Waals surface area contributed by atoms with Crippen LogP contribution in [0.1, 0.15) is 55.0 Å². The maximum absolute atomic E-state index is 13.2. The molecular weight excluding hydrogens is 319 g/mol. The van der Waals surface area contributed by atoms with Crippen molar-refractivity contribution in [2.45, 2.75) is 50.0 Å². The van der Waals surface area contributed by atoms with Gasteiger partial charge in [-0.3, -0.25) is 9.59 Å². The molecule has 5 heteroatoms. The van der Waals surface area contributed by atoms with Gasteiger partial charge in [-0.1, -0.05) is 18.6 Å². The SMILES string of the molecule is O=C(NC1CCCc2[nH]c(=O)ccc21)C1(c2ccc(F)cc2)CCC1. The second-order valence-corrected chi connectivity index (χ2v) is 7.12. The first-order valence-electron chi connectivity index (χ1n) is 8.88. The summed E-state index contributed by atoms with van der Waals surface area (Å²) >= 11 is 0. The van der Waals surface area contributed by atoms with Crippen LogP contribution < -0.4 is 10.9 Å². The third kappa shape index (κ3) is 2.77. The molecule has 1 fully saturated rings. The Balaban J connectivity index is 1.60. The third-order valence-corrected chi connectivity index (χ3v) is 5.68. The van der Waals surface area contributed by atoms with E-state index in [9.17, 15) is 14.0 Å². The zero-order valence-electron chi connectivity index (χ0n) is 14.0. The molecule has 1 unspecified atom stereocenters. The van der Waals surface area contributed by atoms with E-state index in [1.54, 1.807) is 12.1 Å². The van der Waals surface area contributed by atoms with Gasteiger partial charge in [0.1, 0.15) is 5.82 Å². The first-order chi connectivity index (χ1) is 12.1. The molecule has 0 saturated heterocycles. The van der Waals surface area contributed by atoms with Gasteiger partial charge in [0.05, 0.1) is 11.5 Å². The van der Waals surface area contributed by atoms with E-state index in [-0.39, 0.29) is 23.3 Å². The van der Waals surface area contributed by atoms with Crippen LogP contribution in [0.5, 0.6) is 0 Å². The van der Waals surface area contributed by atoms with Crippen molar-refractivity contribution in [3.05, 3.63) is 69.4 Å². The normalized spacial score (nSPS) is 21.1. The molecule has 130 valence electrons. The van der Waals surface area contributed by atoms with Gasteiger partial charge in [-0.05, 0) is 61.4 Å². The molecule has 2 N–H and O–H groups in total. The number of H-pyrrole nitrogens is 1. The minimum absolute atomic E-state index is 0.00871. The highest BCUT2D eigenvalue weighted by Crippen LogP contribution is 2.44. The monoisotopic (exact) mass is 340 g/mol. The molecule has 25 heavy (non-hydrogen) atoms. The summed E-state index contributed by atoms with van der Waals surface area (Å²) in [6.07, 6.45) is 5.21. The first-order valence-corrected chi connectivity index (χ1v) is 8.88. The standard InChI is InChI=1S/C20H21FN2O2/c21-14-7-5-13(6-8-14)20(11-2-12-20)19(25)23-17-4-1-3-16-15(17)9-10-18(24)22-16/h5-10,17H,1-4,11-12H2,(H,22,24)(H,23,25). The quantitative estimate of drug-likeness (QED) is 0.902. The zero-order valence-corrected chi connectivity index (χ0v) is 14.0. The molecule has 1 aromatic carbocycles. The summed E-state index contributed by atoms with van der Waals surface area (Å²) in [5.74, 6) is -0.279. The number of hydrogen-bond donors (Lipinski definition) is 2. The number of halogens is 1. The summed E-state index contributed by atoms with van der Waals surface area (Å²) in [5.41, 5.74) is 2.16. The lowest BCUT2D eigenvalue weighted by Crippen LogP contribution is -2.50. The Labute approximate surface area is 145 Å². The molecule has 1 heterocycles. The minimum atomic E-state index is -0.548. The van der Waals surface area contributed by atoms with E-state index in [1.165, 1.54) is 18.2 Å². The maximum Gasteiger partial charge on any atom is 0.248 e. The molecule has 0 radical (unpaired) electrons. The fourth-order valence-electron chi connectivity index (χ4n) is 4.09. The molecule has 4 nitrogen and oxygen atoms in total. The predicted molar refractivity (Wildman–Crippen MR) is 92.8 cm³/mol. The van der Waals surface area contributed by atoms with Crippen molar-refractivity contribution >= 4 is 5.91 Å². The molecule has 0 spiro atoms. The van der Waals surface area contributed by atoms with E-state index < -0.39 is 5.41 Å². The molecule has 0 aliphatic heterocycles. The average Bonchev–Trinajstić information content (AvgIpc) is 2.55. The fraction of sp³-hybridized carbons (Fsp3) is 0.400. The molecular formula is C20H21FN2O2. The van der Waals surface area contributed by atoms with Gasteiger partial charge in [-0.25, -0.2) is 4.39 Å². The van der Waals surface area contributed by atoms with Crippen molar-refractivity contribution in [2.24, 2.45) is 0 Å². The number of carbonyl (C=O) groups excluding carboxylic acids is 1. The molecule has 2 aliphatic rings. The number of hydrogen-bond acceptors (Lipinski definition) is 2. The summed E-state index contributed by atoms with van der Waals surface area (Å²) in [6, 6.07) is 9.55. The molecule has 1 aromatic heterocycles. The van der Waals surface area contributed by atoms with E-state index in [0.717, 1.165) is 55.3 Å². The lowest BCUT2D eigenvalue weighted by molar-refractivity contribution is -0.130. The lowest BCUT2D eigenvalue weighted by atomic mass is 9.63. The average molecular weight is 340 g/mol. The smallest absolute Gasteiger partial charge is 0.248 e. The number of aryl methyl sites for hydroxylation is 1. The molecule has 2 aromatic rings. The van der Waals surface area contributed by atoms with Crippen molar-refractivity contribution < 1.29 is 9.18 Å². The van der Waals surface area contributed by atoms with Gasteiger partial charge in [0, 0.05) is 11.8 Å². The number of aromatic nitrogens is 1. The Morgan fingerprint density at radius 2 is 1.88 bits per heavy atom. The van der Waals surface area contributed by atoms with Crippen LogP contribution in [-0.2, 0) is 16.6 Å². The molecule has 0 bridgehead atoms. The van der Waals surface area contributed by atoms with E-state index >= 15 is 0 Å². The molecule has 2 aliphatic carbocycles. The number of benzene rings is 1. The molecule has 1 saturated carbocycles. The molecule has 1 amide bonds. The lowest BCUT2D eigenvalue weighted by Gasteiger charge is -2.42. The van der Waals surface area contributed by atoms with Crippen molar-refractivity contribution in [1.29, 1.82) is 0 Å². The first kappa shape index (κ1) is 16.1. The van der Waals surface area contributed by atoms with Gasteiger partial charge in [-0.2, -0.15) is 0 Å². The largest absolute Gasteiger partial charge is 0.348 e. The van der Waals surface area contributed by atoms with Gasteiger partial charge < -0.3 is 10.3 Å². The van der Waals surface area contributed by atoms with E-state index in [4.69, 9.17) is 0 Å². The number of aromatic amines is 1. The predicted octanol–water partition coefficient (Wildman–Crippen LogP) is 3.13. The fourth-order valence-corrected chi connectivity index (χ4v) is 4.09. The van der Waals surface area contributed by atoms with E-state index in [2.05, 4.69) is 10.3 Å². The van der Waals surface area contributed by atoms with Crippen molar-refractivity contribution in [3.63, 3.8) is 0 Å². The number of nitrogens with one attached hydrogen (secondary N) is 2. The van der Waals surface area contributed by atoms with Crippen LogP contribution in [0.3, 0.4) is 0 Å². The van der Waals surface area contributed by atoms with Crippen LogP contribution >= 0.6 is 0 Å². The topological polar surface area (TPSA) is 62.0 Å². The number of amides is 1. The molecule has 1 atom stereocenters. The van der Waals surface area contributed by atoms with Gasteiger partial charge in [0.15, 0.2) is 0 Å². The highest BCUT2D eigenvalue weighted by atomic mass is 19.1. The van der Waals surface area contributed by atoms with Crippen molar-refractivity contribution in [3.8, 4) is 0 Å². The van der Waals surface area contributed by atoms with E-state index in [1.807, 2.05) is 6.07 Å². The van der Waals surface area contributed by atoms with Crippen LogP contribution in [0, 0.1) is 5.82 Å². The Bertz CT molecular complexity index is 853. The Morgan fingerprint density at radius 3 is 2.56 bits per heavy atom. The second kappa shape index (κ2) is 6.14. The Morgan fingerprint density at radius 1 is 1.12 bits per heavy atom. The van der Waals surface area contributed by atoms with Gasteiger partial charge >= 0.3 is 0 Å². The van der Waals surface area contributed by atoms with Crippen LogP contribution in [0.4, 0.5) is 4.39 Å². The van der Waals surface area contributed by atoms with Crippen LogP contribution in [0.15, 0.2) is 41.2 Å². The number of fused-ring (bicyclic) bond motifs is 1. The molecule has 4 rings (SSSR count). The van der Waals surface area contributed by atoms with Gasteiger partial charge in [0.25, 0.3) is 0 Å². The Hall–Kier alpha value is -2.43. The second-order valence-electron chi connectivity index (χ2n) is 7.12. The maximum atomic E-state index is 13.2. The number of pyridine rings is 1. The van der Waals surface area contributed by atoms with Crippen LogP contribution in [0.2, 0.25) is 0 Å². The summed E-state index contributed by atoms with van der Waals surface area (Å²) in [4.78, 5) is 27.5. The third-order valence-electron chi connectivity index (χ3n) is 5.68. The number of carbonyl (C=O) groups is 1. The highest BCUT2D eigenvalue weighted by Gasteiger charge is 2.46. The summed E-state index contributed by atoms with van der Waals surface area (Å²) < 4.78 is 13.2. The zero-order chi connectivity index (χ0) is 17.4. The summed E-state index contributed by atoms with van der Waals surface area (Å²) in [5, 5.41) is 3.20. The van der Waals surface area contributed by atoms with Gasteiger partial charge in [-0.15, -0.1) is 0 Å². The summed E-state index contributed by atoms with van der Waals surface area (Å²) in [7, 11) is 0. The van der Waals surface area contributed by atoms with Gasteiger partial charge in [0.2, 0.25) is 11.5 Å². The van der Waals surface area contributed by atoms with Crippen LogP contribution in [-0.4, -0.2) is 10.9 Å². The highest BCUT2D eigenvalue weighted by molar-refractivity contribution is 5.89. The number of rotatable bonds is 3. The van der Waals surface area contributed by atoms with Crippen molar-refractivity contribution in [1.82, 2.24) is 10.3 Å². The van der Waals surface area contributed by atoms with E-state index in [0.29, 0.717) is 0 Å². The van der Waals surface area contributed by atoms with Crippen LogP contribution in [0.25, 0.3) is 0 Å². The minimum Gasteiger partial charge on any atom is -0.348 e. The van der Waals surface area contributed by atoms with Crippen molar-refractivity contribution in [2.75, 3.05) is 0 Å². The Kier molecular flexibility index (Phi) is 3.94.